The summed E-state index contributed by atoms with van der Waals surface area (Å²) in [5.41, 5.74) is 6.00. The van der Waals surface area contributed by atoms with Crippen LogP contribution in [-0.2, 0) is 14.3 Å². The number of carbonyl (C=O) groups excluding carboxylic acids is 3. The maximum absolute atomic E-state index is 12.5. The number of piperazine rings is 3. The van der Waals surface area contributed by atoms with E-state index in [0.717, 1.165) is 160 Å². The fraction of sp³-hybridized carbons (Fsp3) is 0.330. The average Bonchev–Trinajstić information content (AvgIpc) is 1.65. The molecule has 20 nitrogen and oxygen atoms in total. The molecule has 6 fully saturated rings. The molecule has 3 aromatic heterocycles. The number of phenolic OH excluding ortho intramolecular Hbond substituents is 3. The zero-order chi connectivity index (χ0) is 81.7. The van der Waals surface area contributed by atoms with E-state index in [-0.39, 0.29) is 47.7 Å². The highest BCUT2D eigenvalue weighted by Gasteiger charge is 2.47. The van der Waals surface area contributed by atoms with Gasteiger partial charge in [0, 0.05) is 119 Å². The van der Waals surface area contributed by atoms with Crippen LogP contribution in [0.25, 0.3) is 61.6 Å². The van der Waals surface area contributed by atoms with Crippen LogP contribution >= 0.6 is 34.0 Å². The topological polar surface area (TPSA) is 223 Å². The molecule has 6 aliphatic rings. The first-order chi connectivity index (χ1) is 56.3. The lowest BCUT2D eigenvalue weighted by Gasteiger charge is -2.35. The van der Waals surface area contributed by atoms with Crippen molar-refractivity contribution in [3.63, 3.8) is 0 Å². The SMILES string of the molecule is CC(C)(C)OC(=O)N1C[C@@H]2C[C@H]1CN2.Cc1ccc(-c2sc3cc(O)ccc3c2Oc2ccc(OCC=O)cc2)cc1.Cc1ccc(-c2sc3cc(O)ccc3c2Oc2ccc(OCCN3C[C@@H]4C[C@H]3CN4)cc2)cc1.Cc1ccc(-c2sc3cc(O)ccc3c2Oc2ccc(OCCN3C[C@@H]4C[C@H]3CN4C(=O)OC(C)(C)C)cc2)cc1. The van der Waals surface area contributed by atoms with Crippen molar-refractivity contribution >= 4 is 82.7 Å². The Balaban J connectivity index is 0.000000128. The van der Waals surface area contributed by atoms with Crippen molar-refractivity contribution in [2.24, 2.45) is 0 Å². The number of phenols is 3. The van der Waals surface area contributed by atoms with Gasteiger partial charge >= 0.3 is 12.2 Å². The summed E-state index contributed by atoms with van der Waals surface area (Å²) in [5, 5.41) is 39.7. The normalized spacial score (nSPS) is 18.5. The molecule has 0 unspecified atom stereocenters. The van der Waals surface area contributed by atoms with Crippen molar-refractivity contribution in [3.05, 3.63) is 217 Å². The molecule has 0 saturated carbocycles. The maximum atomic E-state index is 12.5. The molecule has 9 aromatic carbocycles. The van der Waals surface area contributed by atoms with Crippen LogP contribution in [0.3, 0.4) is 0 Å². The molecule has 6 bridgehead atoms. The van der Waals surface area contributed by atoms with Crippen molar-refractivity contribution in [1.82, 2.24) is 30.2 Å². The Morgan fingerprint density at radius 3 is 1.09 bits per heavy atom. The second-order valence-corrected chi connectivity index (χ2v) is 35.8. The van der Waals surface area contributed by atoms with Crippen LogP contribution in [0.4, 0.5) is 9.59 Å². The Hall–Kier alpha value is -10.9. The molecule has 6 atom stereocenters. The van der Waals surface area contributed by atoms with Crippen LogP contribution in [0.5, 0.6) is 69.0 Å². The number of hydrogen-bond donors (Lipinski definition) is 5. The highest BCUT2D eigenvalue weighted by Crippen LogP contribution is 2.51. The summed E-state index contributed by atoms with van der Waals surface area (Å²) in [6.07, 6.45) is 3.69. The number of carbonyl (C=O) groups is 3. The van der Waals surface area contributed by atoms with Crippen molar-refractivity contribution in [3.8, 4) is 100 Å². The van der Waals surface area contributed by atoms with Crippen LogP contribution < -0.4 is 39.1 Å². The molecule has 9 heterocycles. The molecular formula is C94H100N6O14S3. The number of fused-ring (bicyclic) bond motifs is 9. The van der Waals surface area contributed by atoms with Crippen LogP contribution in [0, 0.1) is 20.8 Å². The van der Waals surface area contributed by atoms with E-state index in [9.17, 15) is 29.7 Å². The predicted molar refractivity (Wildman–Crippen MR) is 465 cm³/mol. The monoisotopic (exact) mass is 1630 g/mol. The fourth-order valence-corrected chi connectivity index (χ4v) is 19.1. The number of aromatic hydroxyl groups is 3. The van der Waals surface area contributed by atoms with Gasteiger partial charge in [0.1, 0.15) is 82.8 Å². The van der Waals surface area contributed by atoms with E-state index >= 15 is 0 Å². The van der Waals surface area contributed by atoms with Gasteiger partial charge in [-0.3, -0.25) is 14.6 Å². The maximum Gasteiger partial charge on any atom is 0.410 e. The molecule has 0 spiro atoms. The molecule has 0 radical (unpaired) electrons. The Bertz CT molecular complexity index is 5450. The largest absolute Gasteiger partial charge is 0.508 e. The van der Waals surface area contributed by atoms with Crippen molar-refractivity contribution in [1.29, 1.82) is 0 Å². The molecule has 5 N–H and O–H groups in total. The molecule has 608 valence electrons. The first-order valence-corrected chi connectivity index (χ1v) is 42.4. The van der Waals surface area contributed by atoms with Crippen molar-refractivity contribution in [2.45, 2.75) is 129 Å². The number of thiophene rings is 3. The molecule has 117 heavy (non-hydrogen) atoms. The third-order valence-electron chi connectivity index (χ3n) is 21.4. The number of hydrogen-bond acceptors (Lipinski definition) is 21. The van der Waals surface area contributed by atoms with E-state index in [0.29, 0.717) is 67.8 Å². The van der Waals surface area contributed by atoms with E-state index in [4.69, 9.17) is 37.9 Å². The van der Waals surface area contributed by atoms with Gasteiger partial charge in [-0.2, -0.15) is 0 Å². The second kappa shape index (κ2) is 35.5. The van der Waals surface area contributed by atoms with Crippen molar-refractivity contribution in [2.75, 3.05) is 72.2 Å². The smallest absolute Gasteiger partial charge is 0.410 e. The lowest BCUT2D eigenvalue weighted by Crippen LogP contribution is -2.50. The van der Waals surface area contributed by atoms with Gasteiger partial charge in [-0.1, -0.05) is 89.5 Å². The Morgan fingerprint density at radius 1 is 0.410 bits per heavy atom. The van der Waals surface area contributed by atoms with Gasteiger partial charge in [0.15, 0.2) is 23.5 Å². The summed E-state index contributed by atoms with van der Waals surface area (Å²) in [7, 11) is 0. The van der Waals surface area contributed by atoms with Gasteiger partial charge < -0.3 is 73.6 Å². The third-order valence-corrected chi connectivity index (χ3v) is 25.0. The Labute approximate surface area is 694 Å². The number of aryl methyl sites for hydroxylation is 3. The lowest BCUT2D eigenvalue weighted by atomic mass is 10.1. The van der Waals surface area contributed by atoms with E-state index in [1.54, 1.807) is 82.5 Å². The Morgan fingerprint density at radius 2 is 0.761 bits per heavy atom. The van der Waals surface area contributed by atoms with Gasteiger partial charge in [0.2, 0.25) is 0 Å². The van der Waals surface area contributed by atoms with E-state index < -0.39 is 5.60 Å². The number of likely N-dealkylation sites (tertiary alicyclic amines) is 4. The summed E-state index contributed by atoms with van der Waals surface area (Å²) in [5.74, 6) is 7.48. The van der Waals surface area contributed by atoms with Gasteiger partial charge in [-0.25, -0.2) is 9.59 Å². The lowest BCUT2D eigenvalue weighted by molar-refractivity contribution is -0.109. The highest BCUT2D eigenvalue weighted by atomic mass is 32.1. The van der Waals surface area contributed by atoms with E-state index in [1.807, 2.05) is 130 Å². The number of aldehydes is 1. The van der Waals surface area contributed by atoms with Crippen LogP contribution in [0.2, 0.25) is 0 Å². The molecule has 6 saturated heterocycles. The summed E-state index contributed by atoms with van der Waals surface area (Å²) in [6, 6.07) is 66.7. The molecule has 6 aliphatic heterocycles. The standard InChI is InChI=1S/C33H36N2O5S.C28H28N2O3S.C23H18O4S.C10H18N2O2/c1-21-5-7-22(8-6-21)31-30(28-14-9-25(36)18-29(28)41-31)39-27-12-10-26(11-13-27)38-16-15-34-19-24-17-23(34)20-35(24)32(37)40-33(2,3)4;1-18-2-4-19(5-3-18)28-27(25-11-6-22(31)15-26(25)34-28)33-24-9-7-23(8-10-24)32-13-12-30-17-20-14-21(30)16-29-20;1-15-2-4-16(5-3-15)23-22(20-11-6-17(25)14-21(20)28-23)27-19-9-7-18(8-10-19)26-13-12-24;1-10(2,3)14-9(13)12-6-7-4-8(12)5-11-7/h5-14,18,23-24,36H,15-17,19-20H2,1-4H3;2-11,15,20-21,29,31H,12-14,16-17H2,1H3;2-12,14,25H,13H2,1H3;7-8,11H,4-6H2,1-3H3/t23-,24-;20-,21-;;7-,8-/m00.0/s1. The Kier molecular flexibility index (Phi) is 24.7. The number of nitrogens with zero attached hydrogens (tertiary/aromatic N) is 4. The number of amides is 2. The number of ether oxygens (including phenoxy) is 8. The van der Waals surface area contributed by atoms with Gasteiger partial charge in [0.05, 0.1) is 14.6 Å². The quantitative estimate of drug-likeness (QED) is 0.0448. The molecule has 18 rings (SSSR count). The summed E-state index contributed by atoms with van der Waals surface area (Å²) < 4.78 is 50.3. The number of nitrogens with one attached hydrogen (secondary N) is 2. The second-order valence-electron chi connectivity index (χ2n) is 32.6. The minimum Gasteiger partial charge on any atom is -0.508 e. The van der Waals surface area contributed by atoms with E-state index in [1.165, 1.54) is 23.1 Å². The fourth-order valence-electron chi connectivity index (χ4n) is 15.6. The zero-order valence-corrected chi connectivity index (χ0v) is 69.8. The number of benzene rings is 9. The first-order valence-electron chi connectivity index (χ1n) is 39.9. The molecule has 0 aliphatic carbocycles. The first kappa shape index (κ1) is 81.3. The third kappa shape index (κ3) is 20.0. The molecule has 2 amide bonds. The molecule has 12 aromatic rings. The van der Waals surface area contributed by atoms with Crippen molar-refractivity contribution < 1.29 is 67.6 Å². The zero-order valence-electron chi connectivity index (χ0n) is 67.3. The number of rotatable bonds is 20. The predicted octanol–water partition coefficient (Wildman–Crippen LogP) is 20.2. The molecule has 23 heteroatoms. The molecular weight excluding hydrogens is 1530 g/mol. The van der Waals surface area contributed by atoms with Crippen LogP contribution in [-0.4, -0.2) is 173 Å². The average molecular weight is 1630 g/mol. The highest BCUT2D eigenvalue weighted by molar-refractivity contribution is 7.23. The van der Waals surface area contributed by atoms with Crippen LogP contribution in [0.15, 0.2) is 200 Å². The van der Waals surface area contributed by atoms with Crippen LogP contribution in [0.1, 0.15) is 77.5 Å². The summed E-state index contributed by atoms with van der Waals surface area (Å²) >= 11 is 4.82. The van der Waals surface area contributed by atoms with Gasteiger partial charge in [0.25, 0.3) is 0 Å². The van der Waals surface area contributed by atoms with Gasteiger partial charge in [-0.05, 0) is 226 Å². The van der Waals surface area contributed by atoms with Gasteiger partial charge in [-0.15, -0.1) is 34.0 Å². The van der Waals surface area contributed by atoms with E-state index in [2.05, 4.69) is 114 Å². The minimum absolute atomic E-state index is 0.0242. The summed E-state index contributed by atoms with van der Waals surface area (Å²) in [4.78, 5) is 46.4. The summed E-state index contributed by atoms with van der Waals surface area (Å²) in [6.45, 7) is 26.2. The minimum atomic E-state index is -0.474.